The largest absolute Gasteiger partial charge is 0.306 e. The van der Waals surface area contributed by atoms with Crippen LogP contribution in [0.25, 0.3) is 71.7 Å². The number of fused-ring (bicyclic) bond motifs is 6. The molecule has 0 saturated heterocycles. The minimum Gasteiger partial charge on any atom is -0.306 e. The number of para-hydroxylation sites is 1. The van der Waals surface area contributed by atoms with E-state index in [9.17, 15) is 0 Å². The number of hydrogen-bond acceptors (Lipinski definition) is 2. The highest BCUT2D eigenvalue weighted by molar-refractivity contribution is 6.22. The molecule has 0 spiro atoms. The molecule has 0 aliphatic heterocycles. The van der Waals surface area contributed by atoms with E-state index in [4.69, 9.17) is 9.97 Å². The summed E-state index contributed by atoms with van der Waals surface area (Å²) >= 11 is 0. The molecule has 3 aromatic heterocycles. The van der Waals surface area contributed by atoms with Gasteiger partial charge in [-0.3, -0.25) is 0 Å². The maximum atomic E-state index is 5.19. The third-order valence-electron chi connectivity index (χ3n) is 7.58. The van der Waals surface area contributed by atoms with Gasteiger partial charge in [-0.1, -0.05) is 103 Å². The molecule has 0 saturated carbocycles. The summed E-state index contributed by atoms with van der Waals surface area (Å²) in [6.45, 7) is 0. The second-order valence-electron chi connectivity index (χ2n) is 9.94. The van der Waals surface area contributed by atoms with Crippen LogP contribution in [0.1, 0.15) is 0 Å². The third-order valence-corrected chi connectivity index (χ3v) is 7.58. The molecule has 0 radical (unpaired) electrons. The van der Waals surface area contributed by atoms with E-state index in [1.54, 1.807) is 0 Å². The zero-order valence-corrected chi connectivity index (χ0v) is 21.1. The standard InChI is InChI=1S/C36H23N3/c1-2-10-25(11-3-1)33-23-39-22-28(18-20-34(39)37-33)26-12-8-13-27(21-26)36-31-19-17-24-9-4-5-14-29(24)35(31)30-15-6-7-16-32(30)38-36/h1-23H. The van der Waals surface area contributed by atoms with Gasteiger partial charge in [0.25, 0.3) is 0 Å². The normalized spacial score (nSPS) is 11.6. The van der Waals surface area contributed by atoms with Gasteiger partial charge in [0.15, 0.2) is 0 Å². The Balaban J connectivity index is 1.30. The number of imidazole rings is 1. The van der Waals surface area contributed by atoms with Crippen LogP contribution < -0.4 is 0 Å². The Labute approximate surface area is 225 Å². The Bertz CT molecular complexity index is 2160. The van der Waals surface area contributed by atoms with Gasteiger partial charge in [0.2, 0.25) is 0 Å². The van der Waals surface area contributed by atoms with Gasteiger partial charge in [-0.05, 0) is 46.2 Å². The van der Waals surface area contributed by atoms with Crippen LogP contribution >= 0.6 is 0 Å². The second-order valence-corrected chi connectivity index (χ2v) is 9.94. The van der Waals surface area contributed by atoms with Gasteiger partial charge in [-0.2, -0.15) is 0 Å². The first-order valence-electron chi connectivity index (χ1n) is 13.2. The van der Waals surface area contributed by atoms with E-state index >= 15 is 0 Å². The molecule has 3 nitrogen and oxygen atoms in total. The monoisotopic (exact) mass is 497 g/mol. The summed E-state index contributed by atoms with van der Waals surface area (Å²) in [6.07, 6.45) is 4.26. The average molecular weight is 498 g/mol. The van der Waals surface area contributed by atoms with Crippen LogP contribution in [0.15, 0.2) is 140 Å². The highest BCUT2D eigenvalue weighted by Crippen LogP contribution is 2.38. The zero-order chi connectivity index (χ0) is 25.8. The van der Waals surface area contributed by atoms with Crippen molar-refractivity contribution in [3.63, 3.8) is 0 Å². The summed E-state index contributed by atoms with van der Waals surface area (Å²) in [5.74, 6) is 0. The number of nitrogens with zero attached hydrogens (tertiary/aromatic N) is 3. The summed E-state index contributed by atoms with van der Waals surface area (Å²) in [6, 6.07) is 44.8. The molecule has 3 heterocycles. The predicted molar refractivity (Wildman–Crippen MR) is 162 cm³/mol. The number of aromatic nitrogens is 3. The third kappa shape index (κ3) is 3.59. The van der Waals surface area contributed by atoms with E-state index in [0.717, 1.165) is 44.8 Å². The number of benzene rings is 5. The molecule has 0 N–H and O–H groups in total. The van der Waals surface area contributed by atoms with Gasteiger partial charge >= 0.3 is 0 Å². The van der Waals surface area contributed by atoms with Crippen molar-refractivity contribution < 1.29 is 0 Å². The number of hydrogen-bond donors (Lipinski definition) is 0. The molecule has 0 amide bonds. The minimum atomic E-state index is 0.933. The van der Waals surface area contributed by atoms with Gasteiger partial charge in [-0.25, -0.2) is 9.97 Å². The van der Waals surface area contributed by atoms with Gasteiger partial charge in [-0.15, -0.1) is 0 Å². The predicted octanol–water partition coefficient (Wildman–Crippen LogP) is 9.19. The van der Waals surface area contributed by atoms with Gasteiger partial charge in [0.1, 0.15) is 5.65 Å². The van der Waals surface area contributed by atoms with Crippen molar-refractivity contribution in [1.29, 1.82) is 0 Å². The van der Waals surface area contributed by atoms with Gasteiger partial charge < -0.3 is 4.40 Å². The van der Waals surface area contributed by atoms with E-state index in [1.807, 2.05) is 18.2 Å². The molecule has 5 aromatic carbocycles. The van der Waals surface area contributed by atoms with E-state index in [1.165, 1.54) is 26.9 Å². The number of rotatable bonds is 3. The smallest absolute Gasteiger partial charge is 0.137 e. The summed E-state index contributed by atoms with van der Waals surface area (Å²) < 4.78 is 2.11. The van der Waals surface area contributed by atoms with Crippen LogP contribution in [0.3, 0.4) is 0 Å². The first-order chi connectivity index (χ1) is 19.3. The van der Waals surface area contributed by atoms with E-state index in [0.29, 0.717) is 0 Å². The Morgan fingerprint density at radius 1 is 0.462 bits per heavy atom. The quantitative estimate of drug-likeness (QED) is 0.228. The zero-order valence-electron chi connectivity index (χ0n) is 21.1. The van der Waals surface area contributed by atoms with E-state index < -0.39 is 0 Å². The summed E-state index contributed by atoms with van der Waals surface area (Å²) in [5.41, 5.74) is 8.43. The first-order valence-corrected chi connectivity index (χ1v) is 13.2. The Hall–Kier alpha value is -5.28. The van der Waals surface area contributed by atoms with Crippen LogP contribution in [0.4, 0.5) is 0 Å². The lowest BCUT2D eigenvalue weighted by Crippen LogP contribution is -1.92. The number of pyridine rings is 2. The van der Waals surface area contributed by atoms with Crippen molar-refractivity contribution in [2.24, 2.45) is 0 Å². The van der Waals surface area contributed by atoms with Gasteiger partial charge in [0.05, 0.1) is 16.9 Å². The summed E-state index contributed by atoms with van der Waals surface area (Å²) in [5, 5.41) is 6.11. The Kier molecular flexibility index (Phi) is 4.82. The summed E-state index contributed by atoms with van der Waals surface area (Å²) in [4.78, 5) is 10.0. The lowest BCUT2D eigenvalue weighted by atomic mass is 9.94. The fourth-order valence-electron chi connectivity index (χ4n) is 5.70. The maximum Gasteiger partial charge on any atom is 0.137 e. The molecule has 0 bridgehead atoms. The topological polar surface area (TPSA) is 30.2 Å². The molecular weight excluding hydrogens is 474 g/mol. The molecule has 0 aliphatic carbocycles. The fourth-order valence-corrected chi connectivity index (χ4v) is 5.70. The Morgan fingerprint density at radius 3 is 2.15 bits per heavy atom. The van der Waals surface area contributed by atoms with Gasteiger partial charge in [0, 0.05) is 39.7 Å². The second kappa shape index (κ2) is 8.64. The van der Waals surface area contributed by atoms with Crippen LogP contribution in [0.2, 0.25) is 0 Å². The van der Waals surface area contributed by atoms with Crippen molar-refractivity contribution in [2.75, 3.05) is 0 Å². The molecule has 8 rings (SSSR count). The molecule has 3 heteroatoms. The fraction of sp³-hybridized carbons (Fsp3) is 0. The van der Waals surface area contributed by atoms with Crippen LogP contribution in [-0.4, -0.2) is 14.4 Å². The molecule has 39 heavy (non-hydrogen) atoms. The van der Waals surface area contributed by atoms with E-state index in [2.05, 4.69) is 126 Å². The van der Waals surface area contributed by atoms with Crippen LogP contribution in [-0.2, 0) is 0 Å². The maximum absolute atomic E-state index is 5.19. The highest BCUT2D eigenvalue weighted by atomic mass is 15.0. The lowest BCUT2D eigenvalue weighted by Gasteiger charge is -2.13. The molecule has 0 unspecified atom stereocenters. The molecule has 0 aliphatic rings. The van der Waals surface area contributed by atoms with Crippen molar-refractivity contribution >= 4 is 38.1 Å². The van der Waals surface area contributed by atoms with Crippen molar-refractivity contribution in [1.82, 2.24) is 14.4 Å². The van der Waals surface area contributed by atoms with Crippen molar-refractivity contribution in [3.8, 4) is 33.6 Å². The summed E-state index contributed by atoms with van der Waals surface area (Å²) in [7, 11) is 0. The van der Waals surface area contributed by atoms with Crippen LogP contribution in [0, 0.1) is 0 Å². The highest BCUT2D eigenvalue weighted by Gasteiger charge is 2.14. The molecule has 0 fully saturated rings. The molecule has 0 atom stereocenters. The Morgan fingerprint density at radius 2 is 1.23 bits per heavy atom. The van der Waals surface area contributed by atoms with Crippen molar-refractivity contribution in [3.05, 3.63) is 140 Å². The van der Waals surface area contributed by atoms with Crippen molar-refractivity contribution in [2.45, 2.75) is 0 Å². The molecule has 8 aromatic rings. The first kappa shape index (κ1) is 21.8. The molecular formula is C36H23N3. The minimum absolute atomic E-state index is 0.933. The van der Waals surface area contributed by atoms with Crippen LogP contribution in [0.5, 0.6) is 0 Å². The SMILES string of the molecule is c1ccc(-c2cn3cc(-c4cccc(-c5nc6ccccc6c6c5ccc5ccccc56)c4)ccc3n2)cc1. The average Bonchev–Trinajstić information content (AvgIpc) is 3.44. The lowest BCUT2D eigenvalue weighted by molar-refractivity contribution is 1.19. The van der Waals surface area contributed by atoms with E-state index in [-0.39, 0.29) is 0 Å². The molecule has 182 valence electrons.